The first-order valence-corrected chi connectivity index (χ1v) is 8.92. The van der Waals surface area contributed by atoms with E-state index in [0.717, 1.165) is 5.56 Å². The quantitative estimate of drug-likeness (QED) is 0.896. The van der Waals surface area contributed by atoms with Crippen LogP contribution in [0.15, 0.2) is 54.7 Å². The van der Waals surface area contributed by atoms with Crippen LogP contribution >= 0.6 is 0 Å². The van der Waals surface area contributed by atoms with Gasteiger partial charge in [0.25, 0.3) is 10.2 Å². The van der Waals surface area contributed by atoms with Crippen molar-refractivity contribution in [3.05, 3.63) is 66.0 Å². The summed E-state index contributed by atoms with van der Waals surface area (Å²) < 4.78 is 34.8. The van der Waals surface area contributed by atoms with Crippen LogP contribution in [0.2, 0.25) is 0 Å². The molecule has 0 radical (unpaired) electrons. The lowest BCUT2D eigenvalue weighted by molar-refractivity contribution is 0.0724. The highest BCUT2D eigenvalue weighted by Gasteiger charge is 2.28. The Bertz CT molecular complexity index is 677. The van der Waals surface area contributed by atoms with E-state index in [-0.39, 0.29) is 0 Å². The number of pyridine rings is 1. The fourth-order valence-electron chi connectivity index (χ4n) is 2.50. The van der Waals surface area contributed by atoms with Gasteiger partial charge in [0.15, 0.2) is 0 Å². The fraction of sp³-hybridized carbons (Fsp3) is 0.312. The van der Waals surface area contributed by atoms with Crippen LogP contribution in [0.5, 0.6) is 0 Å². The van der Waals surface area contributed by atoms with Crippen molar-refractivity contribution in [3.8, 4) is 0 Å². The molecule has 2 aromatic rings. The summed E-state index contributed by atoms with van der Waals surface area (Å²) in [7, 11) is -3.62. The summed E-state index contributed by atoms with van der Waals surface area (Å²) in [5.74, 6) is 0. The highest BCUT2D eigenvalue weighted by molar-refractivity contribution is 7.87. The summed E-state index contributed by atoms with van der Waals surface area (Å²) in [5.41, 5.74) is 1.51. The standard InChI is InChI=1S/C16H19N3O3S/c20-23(21,19-10-12-22-13-11-19)18-16(14-6-2-1-3-7-14)15-8-4-5-9-17-15/h1-9,16,18H,10-13H2/t16-/m1/s1. The maximum atomic E-state index is 12.7. The third-order valence-corrected chi connectivity index (χ3v) is 5.27. The third-order valence-electron chi connectivity index (χ3n) is 3.69. The molecule has 122 valence electrons. The molecule has 1 aromatic heterocycles. The van der Waals surface area contributed by atoms with E-state index in [4.69, 9.17) is 4.74 Å². The molecular formula is C16H19N3O3S. The van der Waals surface area contributed by atoms with Gasteiger partial charge in [-0.2, -0.15) is 17.4 Å². The number of hydrogen-bond donors (Lipinski definition) is 1. The summed E-state index contributed by atoms with van der Waals surface area (Å²) in [6.45, 7) is 1.55. The lowest BCUT2D eigenvalue weighted by Gasteiger charge is -2.28. The maximum absolute atomic E-state index is 12.7. The number of nitrogens with zero attached hydrogens (tertiary/aromatic N) is 2. The average Bonchev–Trinajstić information content (AvgIpc) is 2.62. The zero-order chi connectivity index (χ0) is 16.1. The lowest BCUT2D eigenvalue weighted by atomic mass is 10.0. The van der Waals surface area contributed by atoms with Crippen LogP contribution in [0.3, 0.4) is 0 Å². The van der Waals surface area contributed by atoms with E-state index in [1.54, 1.807) is 6.20 Å². The van der Waals surface area contributed by atoms with Crippen molar-refractivity contribution in [3.63, 3.8) is 0 Å². The molecule has 1 aliphatic heterocycles. The molecule has 1 aliphatic rings. The van der Waals surface area contributed by atoms with Gasteiger partial charge in [-0.25, -0.2) is 0 Å². The van der Waals surface area contributed by atoms with E-state index in [1.807, 2.05) is 48.5 Å². The Morgan fingerprint density at radius 3 is 2.39 bits per heavy atom. The predicted octanol–water partition coefficient (Wildman–Crippen LogP) is 1.34. The minimum absolute atomic E-state index is 0.360. The van der Waals surface area contributed by atoms with Crippen molar-refractivity contribution in [1.29, 1.82) is 0 Å². The van der Waals surface area contributed by atoms with E-state index < -0.39 is 16.3 Å². The molecule has 23 heavy (non-hydrogen) atoms. The maximum Gasteiger partial charge on any atom is 0.280 e. The lowest BCUT2D eigenvalue weighted by Crippen LogP contribution is -2.47. The largest absolute Gasteiger partial charge is 0.379 e. The average molecular weight is 333 g/mol. The third kappa shape index (κ3) is 3.94. The molecule has 0 spiro atoms. The first-order chi connectivity index (χ1) is 11.2. The number of rotatable bonds is 5. The number of hydrogen-bond acceptors (Lipinski definition) is 4. The van der Waals surface area contributed by atoms with Crippen LogP contribution < -0.4 is 4.72 Å². The first kappa shape index (κ1) is 16.1. The zero-order valence-corrected chi connectivity index (χ0v) is 13.4. The normalized spacial score (nSPS) is 17.7. The Balaban J connectivity index is 1.90. The molecule has 7 heteroatoms. The van der Waals surface area contributed by atoms with E-state index in [0.29, 0.717) is 32.0 Å². The SMILES string of the molecule is O=S(=O)(N[C@H](c1ccccc1)c1ccccn1)N1CCOCC1. The number of benzene rings is 1. The van der Waals surface area contributed by atoms with Gasteiger partial charge in [-0.15, -0.1) is 0 Å². The van der Waals surface area contributed by atoms with Crippen molar-refractivity contribution in [2.45, 2.75) is 6.04 Å². The Morgan fingerprint density at radius 2 is 1.74 bits per heavy atom. The van der Waals surface area contributed by atoms with E-state index in [1.165, 1.54) is 4.31 Å². The molecule has 1 N–H and O–H groups in total. The molecule has 1 atom stereocenters. The second-order valence-corrected chi connectivity index (χ2v) is 6.93. The minimum atomic E-state index is -3.62. The van der Waals surface area contributed by atoms with Gasteiger partial charge in [0, 0.05) is 19.3 Å². The number of aromatic nitrogens is 1. The number of ether oxygens (including phenoxy) is 1. The van der Waals surface area contributed by atoms with Crippen molar-refractivity contribution in [2.75, 3.05) is 26.3 Å². The molecule has 0 saturated carbocycles. The second-order valence-electron chi connectivity index (χ2n) is 5.23. The van der Waals surface area contributed by atoms with Gasteiger partial charge in [-0.05, 0) is 17.7 Å². The first-order valence-electron chi connectivity index (χ1n) is 7.48. The Morgan fingerprint density at radius 1 is 1.04 bits per heavy atom. The van der Waals surface area contributed by atoms with E-state index in [2.05, 4.69) is 9.71 Å². The van der Waals surface area contributed by atoms with Crippen LogP contribution in [0.25, 0.3) is 0 Å². The Hall–Kier alpha value is -1.80. The molecule has 0 aliphatic carbocycles. The van der Waals surface area contributed by atoms with Gasteiger partial charge in [0.2, 0.25) is 0 Å². The summed E-state index contributed by atoms with van der Waals surface area (Å²) in [6.07, 6.45) is 1.66. The molecule has 6 nitrogen and oxygen atoms in total. The van der Waals surface area contributed by atoms with Gasteiger partial charge in [0.1, 0.15) is 0 Å². The molecule has 0 unspecified atom stereocenters. The van der Waals surface area contributed by atoms with Crippen LogP contribution in [0.1, 0.15) is 17.3 Å². The molecule has 2 heterocycles. The highest BCUT2D eigenvalue weighted by Crippen LogP contribution is 2.22. The second kappa shape index (κ2) is 7.18. The summed E-state index contributed by atoms with van der Waals surface area (Å²) >= 11 is 0. The number of morpholine rings is 1. The van der Waals surface area contributed by atoms with Crippen LogP contribution in [0, 0.1) is 0 Å². The summed E-state index contributed by atoms with van der Waals surface area (Å²) in [5, 5.41) is 0. The van der Waals surface area contributed by atoms with Gasteiger partial charge in [-0.3, -0.25) is 4.98 Å². The monoisotopic (exact) mass is 333 g/mol. The van der Waals surface area contributed by atoms with Crippen molar-refractivity contribution < 1.29 is 13.2 Å². The summed E-state index contributed by atoms with van der Waals surface area (Å²) in [6, 6.07) is 14.4. The van der Waals surface area contributed by atoms with Crippen LogP contribution in [-0.2, 0) is 14.9 Å². The Labute approximate surface area is 136 Å². The van der Waals surface area contributed by atoms with Crippen LogP contribution in [0.4, 0.5) is 0 Å². The molecule has 3 rings (SSSR count). The van der Waals surface area contributed by atoms with E-state index in [9.17, 15) is 8.42 Å². The van der Waals surface area contributed by atoms with E-state index >= 15 is 0 Å². The molecule has 1 saturated heterocycles. The minimum Gasteiger partial charge on any atom is -0.379 e. The molecule has 1 fully saturated rings. The van der Waals surface area contributed by atoms with Gasteiger partial charge >= 0.3 is 0 Å². The number of nitrogens with one attached hydrogen (secondary N) is 1. The van der Waals surface area contributed by atoms with Gasteiger partial charge in [-0.1, -0.05) is 36.4 Å². The molecular weight excluding hydrogens is 314 g/mol. The molecule has 0 bridgehead atoms. The van der Waals surface area contributed by atoms with Gasteiger partial charge in [0.05, 0.1) is 24.9 Å². The Kier molecular flexibility index (Phi) is 5.02. The smallest absolute Gasteiger partial charge is 0.280 e. The summed E-state index contributed by atoms with van der Waals surface area (Å²) in [4.78, 5) is 4.31. The highest BCUT2D eigenvalue weighted by atomic mass is 32.2. The molecule has 1 aromatic carbocycles. The zero-order valence-electron chi connectivity index (χ0n) is 12.6. The topological polar surface area (TPSA) is 71.5 Å². The van der Waals surface area contributed by atoms with Crippen LogP contribution in [-0.4, -0.2) is 44.0 Å². The molecule has 0 amide bonds. The predicted molar refractivity (Wildman–Crippen MR) is 87.0 cm³/mol. The fourth-order valence-corrected chi connectivity index (χ4v) is 3.84. The van der Waals surface area contributed by atoms with Crippen molar-refractivity contribution >= 4 is 10.2 Å². The van der Waals surface area contributed by atoms with Crippen molar-refractivity contribution in [2.24, 2.45) is 0 Å². The van der Waals surface area contributed by atoms with Gasteiger partial charge < -0.3 is 4.74 Å². The van der Waals surface area contributed by atoms with Crippen molar-refractivity contribution in [1.82, 2.24) is 14.0 Å².